The van der Waals surface area contributed by atoms with E-state index in [1.165, 1.54) is 0 Å². The van der Waals surface area contributed by atoms with Gasteiger partial charge in [-0.15, -0.1) is 0 Å². The maximum absolute atomic E-state index is 11.3. The highest BCUT2D eigenvalue weighted by atomic mass is 79.9. The monoisotopic (exact) mass is 566 g/mol. The zero-order valence-electron chi connectivity index (χ0n) is 8.80. The molecule has 0 aliphatic heterocycles. The Balaban J connectivity index is 3.16. The van der Waals surface area contributed by atoms with Crippen LogP contribution < -0.4 is 0 Å². The molecule has 0 saturated heterocycles. The summed E-state index contributed by atoms with van der Waals surface area (Å²) in [6.07, 6.45) is 1.09. The molecule has 0 heterocycles. The Morgan fingerprint density at radius 1 is 1.22 bits per heavy atom. The van der Waals surface area contributed by atoms with Gasteiger partial charge in [0, 0.05) is 10.5 Å². The number of hydrogen-bond donors (Lipinski definition) is 0. The quantitative estimate of drug-likeness (QED) is 0.269. The first-order valence-corrected chi connectivity index (χ1v) is 8.55. The zero-order chi connectivity index (χ0) is 14.0. The minimum absolute atomic E-state index is 0.556. The molecule has 0 spiro atoms. The number of carbonyl (C=O) groups is 1. The summed E-state index contributed by atoms with van der Waals surface area (Å²) in [5.74, 6) is -0.556. The SMILES string of the molecule is C=CC(=O)OC(Br)(Br)C(Br)(Br)c1ccccc1Br. The van der Waals surface area contributed by atoms with E-state index in [1.54, 1.807) is 0 Å². The van der Waals surface area contributed by atoms with Crippen LogP contribution in [0, 0.1) is 0 Å². The van der Waals surface area contributed by atoms with Crippen molar-refractivity contribution in [3.05, 3.63) is 47.0 Å². The predicted molar refractivity (Wildman–Crippen MR) is 90.5 cm³/mol. The van der Waals surface area contributed by atoms with E-state index in [0.29, 0.717) is 0 Å². The molecule has 2 nitrogen and oxygen atoms in total. The van der Waals surface area contributed by atoms with Crippen LogP contribution in [-0.4, -0.2) is 9.39 Å². The van der Waals surface area contributed by atoms with E-state index in [-0.39, 0.29) is 0 Å². The molecule has 18 heavy (non-hydrogen) atoms. The van der Waals surface area contributed by atoms with Crippen LogP contribution in [0.1, 0.15) is 5.56 Å². The molecular weight excluding hydrogens is 564 g/mol. The van der Waals surface area contributed by atoms with Gasteiger partial charge in [0.25, 0.3) is 0 Å². The van der Waals surface area contributed by atoms with Crippen molar-refractivity contribution in [2.45, 2.75) is 6.65 Å². The standard InChI is InChI=1S/C11H7Br5O2/c1-2-9(17)18-11(15,16)10(13,14)7-5-3-4-6-8(7)12/h2-6H,1H2. The van der Waals surface area contributed by atoms with Crippen LogP contribution in [-0.2, 0) is 12.8 Å². The number of esters is 1. The van der Waals surface area contributed by atoms with E-state index in [9.17, 15) is 4.79 Å². The third-order valence-corrected chi connectivity index (χ3v) is 8.28. The average Bonchev–Trinajstić information content (AvgIpc) is 2.28. The first-order chi connectivity index (χ1) is 8.22. The number of ether oxygens (including phenoxy) is 1. The summed E-state index contributed by atoms with van der Waals surface area (Å²) in [5.41, 5.74) is 0.843. The molecule has 0 atom stereocenters. The Labute approximate surface area is 147 Å². The van der Waals surface area contributed by atoms with E-state index >= 15 is 0 Å². The number of benzene rings is 1. The molecule has 0 N–H and O–H groups in total. The van der Waals surface area contributed by atoms with Crippen molar-refractivity contribution in [3.8, 4) is 0 Å². The van der Waals surface area contributed by atoms with Gasteiger partial charge >= 0.3 is 5.97 Å². The summed E-state index contributed by atoms with van der Waals surface area (Å²) < 4.78 is 4.03. The van der Waals surface area contributed by atoms with Crippen molar-refractivity contribution in [1.29, 1.82) is 0 Å². The molecule has 0 saturated carbocycles. The van der Waals surface area contributed by atoms with Crippen LogP contribution in [0.5, 0.6) is 0 Å². The number of alkyl halides is 4. The molecule has 0 radical (unpaired) electrons. The van der Waals surface area contributed by atoms with E-state index in [4.69, 9.17) is 4.74 Å². The van der Waals surface area contributed by atoms with E-state index in [0.717, 1.165) is 16.1 Å². The lowest BCUT2D eigenvalue weighted by Crippen LogP contribution is -2.36. The molecule has 7 heteroatoms. The Bertz CT molecular complexity index is 470. The maximum atomic E-state index is 11.3. The van der Waals surface area contributed by atoms with Crippen molar-refractivity contribution in [3.63, 3.8) is 0 Å². The number of rotatable bonds is 4. The lowest BCUT2D eigenvalue weighted by Gasteiger charge is -2.34. The molecule has 98 valence electrons. The van der Waals surface area contributed by atoms with E-state index < -0.39 is 12.6 Å². The van der Waals surface area contributed by atoms with Crippen molar-refractivity contribution in [2.75, 3.05) is 0 Å². The summed E-state index contributed by atoms with van der Waals surface area (Å²) in [4.78, 5) is 11.3. The van der Waals surface area contributed by atoms with Crippen LogP contribution in [0.15, 0.2) is 41.4 Å². The predicted octanol–water partition coefficient (Wildman–Crippen LogP) is 5.56. The maximum Gasteiger partial charge on any atom is 0.332 e. The normalized spacial score (nSPS) is 12.1. The number of halogens is 5. The van der Waals surface area contributed by atoms with Gasteiger partial charge in [0.2, 0.25) is 3.42 Å². The lowest BCUT2D eigenvalue weighted by molar-refractivity contribution is -0.140. The Morgan fingerprint density at radius 2 is 1.78 bits per heavy atom. The summed E-state index contributed by atoms with van der Waals surface area (Å²) in [6, 6.07) is 7.54. The van der Waals surface area contributed by atoms with Gasteiger partial charge in [0.15, 0.2) is 3.23 Å². The molecule has 1 aromatic rings. The van der Waals surface area contributed by atoms with Gasteiger partial charge in [-0.05, 0) is 43.5 Å². The van der Waals surface area contributed by atoms with E-state index in [2.05, 4.69) is 86.2 Å². The molecule has 0 unspecified atom stereocenters. The molecule has 0 aromatic heterocycles. The zero-order valence-corrected chi connectivity index (χ0v) is 16.7. The van der Waals surface area contributed by atoms with Gasteiger partial charge < -0.3 is 4.74 Å². The summed E-state index contributed by atoms with van der Waals surface area (Å²) in [5, 5.41) is 0. The second-order valence-electron chi connectivity index (χ2n) is 3.20. The van der Waals surface area contributed by atoms with Gasteiger partial charge in [0.1, 0.15) is 0 Å². The molecule has 0 aliphatic rings. The molecule has 0 amide bonds. The first kappa shape index (κ1) is 16.9. The van der Waals surface area contributed by atoms with Gasteiger partial charge in [-0.25, -0.2) is 4.79 Å². The average molecular weight is 571 g/mol. The minimum Gasteiger partial charge on any atom is -0.431 e. The smallest absolute Gasteiger partial charge is 0.332 e. The molecule has 0 fully saturated rings. The van der Waals surface area contributed by atoms with Crippen LogP contribution in [0.25, 0.3) is 0 Å². The third-order valence-electron chi connectivity index (χ3n) is 1.97. The van der Waals surface area contributed by atoms with Crippen LogP contribution in [0.4, 0.5) is 0 Å². The Hall–Kier alpha value is 0.830. The Kier molecular flexibility index (Phi) is 6.12. The highest BCUT2D eigenvalue weighted by molar-refractivity contribution is 9.30. The molecule has 0 bridgehead atoms. The fraction of sp³-hybridized carbons (Fsp3) is 0.182. The van der Waals surface area contributed by atoms with Crippen molar-refractivity contribution in [1.82, 2.24) is 0 Å². The van der Waals surface area contributed by atoms with Crippen LogP contribution in [0.2, 0.25) is 0 Å². The van der Waals surface area contributed by atoms with E-state index in [1.807, 2.05) is 24.3 Å². The van der Waals surface area contributed by atoms with Crippen molar-refractivity contribution in [2.24, 2.45) is 0 Å². The first-order valence-electron chi connectivity index (χ1n) is 4.58. The largest absolute Gasteiger partial charge is 0.431 e. The van der Waals surface area contributed by atoms with Crippen molar-refractivity contribution < 1.29 is 9.53 Å². The topological polar surface area (TPSA) is 26.3 Å². The van der Waals surface area contributed by atoms with Crippen LogP contribution in [0.3, 0.4) is 0 Å². The lowest BCUT2D eigenvalue weighted by atomic mass is 10.1. The van der Waals surface area contributed by atoms with Crippen LogP contribution >= 0.6 is 79.6 Å². The molecule has 1 rings (SSSR count). The highest BCUT2D eigenvalue weighted by Crippen LogP contribution is 2.57. The molecule has 1 aromatic carbocycles. The highest BCUT2D eigenvalue weighted by Gasteiger charge is 2.50. The second-order valence-corrected chi connectivity index (χ2v) is 10.8. The summed E-state index contributed by atoms with van der Waals surface area (Å²) in [6.45, 7) is 3.36. The number of carbonyl (C=O) groups excluding carboxylic acids is 1. The van der Waals surface area contributed by atoms with Gasteiger partial charge in [-0.2, -0.15) is 0 Å². The van der Waals surface area contributed by atoms with Gasteiger partial charge in [0.05, 0.1) is 0 Å². The summed E-state index contributed by atoms with van der Waals surface area (Å²) in [7, 11) is 0. The fourth-order valence-corrected chi connectivity index (χ4v) is 3.82. The number of hydrogen-bond acceptors (Lipinski definition) is 2. The van der Waals surface area contributed by atoms with Crippen molar-refractivity contribution >= 4 is 85.6 Å². The third kappa shape index (κ3) is 3.69. The fourth-order valence-electron chi connectivity index (χ4n) is 1.10. The second kappa shape index (κ2) is 6.52. The minimum atomic E-state index is -1.18. The van der Waals surface area contributed by atoms with Gasteiger partial charge in [-0.3, -0.25) is 0 Å². The molecule has 0 aliphatic carbocycles. The van der Waals surface area contributed by atoms with Gasteiger partial charge in [-0.1, -0.05) is 72.6 Å². The molecular formula is C11H7Br5O2. The Morgan fingerprint density at radius 3 is 2.28 bits per heavy atom. The summed E-state index contributed by atoms with van der Waals surface area (Å²) >= 11 is 17.1.